The van der Waals surface area contributed by atoms with E-state index in [1.54, 1.807) is 23.1 Å². The van der Waals surface area contributed by atoms with Crippen LogP contribution in [0.2, 0.25) is 0 Å². The number of hydrogen-bond donors (Lipinski definition) is 1. The highest BCUT2D eigenvalue weighted by atomic mass is 32.2. The molecule has 0 aliphatic heterocycles. The number of aryl methyl sites for hydroxylation is 1. The van der Waals surface area contributed by atoms with Crippen molar-refractivity contribution in [2.75, 3.05) is 0 Å². The second-order valence-electron chi connectivity index (χ2n) is 4.49. The molecular formula is C15H17NO2S2. The molecule has 0 radical (unpaired) electrons. The van der Waals surface area contributed by atoms with E-state index in [-0.39, 0.29) is 6.42 Å². The van der Waals surface area contributed by atoms with Gasteiger partial charge in [-0.15, -0.1) is 23.1 Å². The Balaban J connectivity index is 1.88. The normalized spacial score (nSPS) is 10.7. The number of thioether (sulfide) groups is 1. The van der Waals surface area contributed by atoms with Crippen LogP contribution in [0.15, 0.2) is 34.5 Å². The third-order valence-corrected chi connectivity index (χ3v) is 4.73. The van der Waals surface area contributed by atoms with Gasteiger partial charge in [-0.05, 0) is 30.5 Å². The highest BCUT2D eigenvalue weighted by Crippen LogP contribution is 2.24. The van der Waals surface area contributed by atoms with E-state index >= 15 is 0 Å². The Kier molecular flexibility index (Phi) is 5.61. The van der Waals surface area contributed by atoms with Gasteiger partial charge in [-0.1, -0.05) is 19.1 Å². The SMILES string of the molecule is CCCc1nc(CSc2ccc(CC(=O)O)cc2)cs1. The summed E-state index contributed by atoms with van der Waals surface area (Å²) in [6, 6.07) is 7.70. The monoisotopic (exact) mass is 307 g/mol. The molecule has 1 aromatic carbocycles. The first-order valence-electron chi connectivity index (χ1n) is 6.54. The first kappa shape index (κ1) is 15.1. The number of carbonyl (C=O) groups is 1. The highest BCUT2D eigenvalue weighted by Gasteiger charge is 2.04. The zero-order valence-corrected chi connectivity index (χ0v) is 13.0. The third kappa shape index (κ3) is 4.65. The van der Waals surface area contributed by atoms with Crippen molar-refractivity contribution in [2.24, 2.45) is 0 Å². The van der Waals surface area contributed by atoms with Crippen LogP contribution in [0.5, 0.6) is 0 Å². The van der Waals surface area contributed by atoms with Gasteiger partial charge < -0.3 is 5.11 Å². The van der Waals surface area contributed by atoms with Crippen LogP contribution in [0.1, 0.15) is 29.6 Å². The van der Waals surface area contributed by atoms with Crippen molar-refractivity contribution in [1.82, 2.24) is 4.98 Å². The molecule has 0 aliphatic rings. The van der Waals surface area contributed by atoms with Crippen LogP contribution >= 0.6 is 23.1 Å². The number of rotatable bonds is 7. The minimum absolute atomic E-state index is 0.0808. The number of aromatic nitrogens is 1. The minimum atomic E-state index is -0.795. The molecule has 5 heteroatoms. The molecule has 1 aromatic heterocycles. The van der Waals surface area contributed by atoms with E-state index in [2.05, 4.69) is 17.3 Å². The van der Waals surface area contributed by atoms with E-state index in [9.17, 15) is 4.79 Å². The van der Waals surface area contributed by atoms with Gasteiger partial charge in [0, 0.05) is 16.0 Å². The molecule has 0 bridgehead atoms. The van der Waals surface area contributed by atoms with Gasteiger partial charge in [-0.2, -0.15) is 0 Å². The Morgan fingerprint density at radius 2 is 2.10 bits per heavy atom. The van der Waals surface area contributed by atoms with Gasteiger partial charge >= 0.3 is 5.97 Å². The summed E-state index contributed by atoms with van der Waals surface area (Å²) in [4.78, 5) is 16.3. The Bertz CT molecular complexity index is 564. The lowest BCUT2D eigenvalue weighted by Gasteiger charge is -2.01. The number of benzene rings is 1. The average molecular weight is 307 g/mol. The maximum Gasteiger partial charge on any atom is 0.307 e. The number of carboxylic acids is 1. The van der Waals surface area contributed by atoms with Crippen LogP contribution < -0.4 is 0 Å². The van der Waals surface area contributed by atoms with Crippen LogP contribution in [0.25, 0.3) is 0 Å². The molecule has 3 nitrogen and oxygen atoms in total. The highest BCUT2D eigenvalue weighted by molar-refractivity contribution is 7.98. The van der Waals surface area contributed by atoms with Gasteiger partial charge in [-0.3, -0.25) is 4.79 Å². The molecule has 0 aliphatic carbocycles. The topological polar surface area (TPSA) is 50.2 Å². The summed E-state index contributed by atoms with van der Waals surface area (Å²) >= 11 is 3.46. The molecule has 0 saturated heterocycles. The van der Waals surface area contributed by atoms with E-state index in [4.69, 9.17) is 5.11 Å². The van der Waals surface area contributed by atoms with Crippen molar-refractivity contribution in [3.05, 3.63) is 45.9 Å². The Morgan fingerprint density at radius 1 is 1.35 bits per heavy atom. The first-order chi connectivity index (χ1) is 9.67. The number of carboxylic acid groups (broad SMARTS) is 1. The van der Waals surface area contributed by atoms with Gasteiger partial charge in [0.05, 0.1) is 17.1 Å². The number of nitrogens with zero attached hydrogens (tertiary/aromatic N) is 1. The largest absolute Gasteiger partial charge is 0.481 e. The van der Waals surface area contributed by atoms with Crippen LogP contribution in [-0.2, 0) is 23.4 Å². The second kappa shape index (κ2) is 7.45. The van der Waals surface area contributed by atoms with Crippen LogP contribution in [0, 0.1) is 0 Å². The molecule has 0 atom stereocenters. The molecule has 0 unspecified atom stereocenters. The molecular weight excluding hydrogens is 290 g/mol. The average Bonchev–Trinajstić information content (AvgIpc) is 2.86. The van der Waals surface area contributed by atoms with Crippen molar-refractivity contribution in [1.29, 1.82) is 0 Å². The van der Waals surface area contributed by atoms with Gasteiger partial charge in [-0.25, -0.2) is 4.98 Å². The zero-order valence-electron chi connectivity index (χ0n) is 11.3. The van der Waals surface area contributed by atoms with E-state index < -0.39 is 5.97 Å². The lowest BCUT2D eigenvalue weighted by Crippen LogP contribution is -1.99. The molecule has 20 heavy (non-hydrogen) atoms. The van der Waals surface area contributed by atoms with E-state index in [1.165, 1.54) is 5.01 Å². The van der Waals surface area contributed by atoms with Gasteiger partial charge in [0.15, 0.2) is 0 Å². The summed E-state index contributed by atoms with van der Waals surface area (Å²) in [7, 11) is 0. The molecule has 2 rings (SSSR count). The fourth-order valence-corrected chi connectivity index (χ4v) is 3.58. The lowest BCUT2D eigenvalue weighted by molar-refractivity contribution is -0.136. The maximum atomic E-state index is 10.6. The Labute approximate surface area is 127 Å². The summed E-state index contributed by atoms with van der Waals surface area (Å²) in [5.41, 5.74) is 1.96. The summed E-state index contributed by atoms with van der Waals surface area (Å²) < 4.78 is 0. The van der Waals surface area contributed by atoms with Crippen LogP contribution in [-0.4, -0.2) is 16.1 Å². The zero-order chi connectivity index (χ0) is 14.4. The molecule has 0 saturated carbocycles. The third-order valence-electron chi connectivity index (χ3n) is 2.73. The first-order valence-corrected chi connectivity index (χ1v) is 8.40. The summed E-state index contributed by atoms with van der Waals surface area (Å²) in [5, 5.41) is 12.1. The molecule has 106 valence electrons. The van der Waals surface area contributed by atoms with E-state index in [0.717, 1.165) is 34.7 Å². The number of thiazole rings is 1. The Morgan fingerprint density at radius 3 is 2.75 bits per heavy atom. The van der Waals surface area contributed by atoms with Gasteiger partial charge in [0.1, 0.15) is 0 Å². The maximum absolute atomic E-state index is 10.6. The fourth-order valence-electron chi connectivity index (χ4n) is 1.78. The number of aliphatic carboxylic acids is 1. The van der Waals surface area contributed by atoms with E-state index in [0.29, 0.717) is 0 Å². The molecule has 1 N–H and O–H groups in total. The van der Waals surface area contributed by atoms with Crippen molar-refractivity contribution in [3.8, 4) is 0 Å². The standard InChI is InChI=1S/C15H17NO2S2/c1-2-3-14-16-12(10-20-14)9-19-13-6-4-11(5-7-13)8-15(17)18/h4-7,10H,2-3,8-9H2,1H3,(H,17,18). The van der Waals surface area contributed by atoms with Crippen molar-refractivity contribution >= 4 is 29.1 Å². The summed E-state index contributed by atoms with van der Waals surface area (Å²) in [6.45, 7) is 2.16. The predicted octanol–water partition coefficient (Wildman–Crippen LogP) is 4.02. The quantitative estimate of drug-likeness (QED) is 0.785. The summed E-state index contributed by atoms with van der Waals surface area (Å²) in [5.74, 6) is 0.0645. The molecule has 0 fully saturated rings. The minimum Gasteiger partial charge on any atom is -0.481 e. The summed E-state index contributed by atoms with van der Waals surface area (Å²) in [6.07, 6.45) is 2.27. The smallest absolute Gasteiger partial charge is 0.307 e. The predicted molar refractivity (Wildman–Crippen MR) is 83.5 cm³/mol. The van der Waals surface area contributed by atoms with Crippen molar-refractivity contribution in [2.45, 2.75) is 36.8 Å². The number of hydrogen-bond acceptors (Lipinski definition) is 4. The van der Waals surface area contributed by atoms with Crippen molar-refractivity contribution in [3.63, 3.8) is 0 Å². The van der Waals surface area contributed by atoms with E-state index in [1.807, 2.05) is 24.3 Å². The van der Waals surface area contributed by atoms with Gasteiger partial charge in [0.25, 0.3) is 0 Å². The molecule has 2 aromatic rings. The lowest BCUT2D eigenvalue weighted by atomic mass is 10.2. The Hall–Kier alpha value is -1.33. The van der Waals surface area contributed by atoms with Crippen molar-refractivity contribution < 1.29 is 9.90 Å². The fraction of sp³-hybridized carbons (Fsp3) is 0.333. The van der Waals surface area contributed by atoms with Gasteiger partial charge in [0.2, 0.25) is 0 Å². The molecule has 0 spiro atoms. The molecule has 1 heterocycles. The second-order valence-corrected chi connectivity index (χ2v) is 6.48. The van der Waals surface area contributed by atoms with Crippen LogP contribution in [0.3, 0.4) is 0 Å². The molecule has 0 amide bonds. The van der Waals surface area contributed by atoms with Crippen LogP contribution in [0.4, 0.5) is 0 Å².